The number of amides is 1. The van der Waals surface area contributed by atoms with Crippen molar-refractivity contribution in [1.82, 2.24) is 19.9 Å². The van der Waals surface area contributed by atoms with Crippen LogP contribution in [0.3, 0.4) is 0 Å². The van der Waals surface area contributed by atoms with E-state index in [1.807, 2.05) is 34.9 Å². The molecule has 0 unspecified atom stereocenters. The molecular weight excluding hydrogens is 410 g/mol. The third kappa shape index (κ3) is 4.69. The molecule has 0 radical (unpaired) electrons. The van der Waals surface area contributed by atoms with E-state index in [0.717, 1.165) is 37.0 Å². The molecule has 0 aliphatic heterocycles. The number of aromatic nitrogens is 3. The van der Waals surface area contributed by atoms with Crippen LogP contribution in [0.15, 0.2) is 36.5 Å². The van der Waals surface area contributed by atoms with Crippen LogP contribution in [0.4, 0.5) is 11.6 Å². The topological polar surface area (TPSA) is 71.8 Å². The van der Waals surface area contributed by atoms with Crippen molar-refractivity contribution >= 4 is 40.3 Å². The number of imidazole rings is 1. The average Bonchev–Trinajstić information content (AvgIpc) is 3.08. The Morgan fingerprint density at radius 3 is 2.61 bits per heavy atom. The van der Waals surface area contributed by atoms with Crippen molar-refractivity contribution in [2.75, 3.05) is 5.32 Å². The van der Waals surface area contributed by atoms with Gasteiger partial charge in [-0.15, -0.1) is 0 Å². The Balaban J connectivity index is 1.59. The van der Waals surface area contributed by atoms with Crippen molar-refractivity contribution in [3.05, 3.63) is 47.1 Å². The summed E-state index contributed by atoms with van der Waals surface area (Å²) in [5.41, 5.74) is 3.10. The van der Waals surface area contributed by atoms with Gasteiger partial charge in [0.2, 0.25) is 5.95 Å². The molecular formula is C24H30ClN5O. The highest BCUT2D eigenvalue weighted by molar-refractivity contribution is 6.33. The first-order valence-electron chi connectivity index (χ1n) is 10.9. The lowest BCUT2D eigenvalue weighted by molar-refractivity contribution is 0.0909. The highest BCUT2D eigenvalue weighted by Crippen LogP contribution is 2.35. The number of para-hydroxylation sites is 1. The Labute approximate surface area is 188 Å². The molecule has 4 rings (SSSR count). The normalized spacial score (nSPS) is 16.6. The number of hydrogen-bond acceptors (Lipinski definition) is 4. The Morgan fingerprint density at radius 1 is 1.23 bits per heavy atom. The summed E-state index contributed by atoms with van der Waals surface area (Å²) in [5.74, 6) is 0.566. The van der Waals surface area contributed by atoms with Crippen LogP contribution in [0.1, 0.15) is 69.8 Å². The maximum atomic E-state index is 12.9. The van der Waals surface area contributed by atoms with E-state index >= 15 is 0 Å². The van der Waals surface area contributed by atoms with Gasteiger partial charge in [0.05, 0.1) is 16.3 Å². The van der Waals surface area contributed by atoms with E-state index in [-0.39, 0.29) is 18.0 Å². The number of carbonyl (C=O) groups excluding carboxylic acids is 1. The molecule has 7 heteroatoms. The van der Waals surface area contributed by atoms with Gasteiger partial charge in [-0.2, -0.15) is 0 Å². The maximum Gasteiger partial charge on any atom is 0.253 e. The molecule has 0 spiro atoms. The number of nitrogens with zero attached hydrogens (tertiary/aromatic N) is 3. The van der Waals surface area contributed by atoms with Crippen LogP contribution in [0, 0.1) is 5.41 Å². The van der Waals surface area contributed by atoms with Gasteiger partial charge in [0, 0.05) is 18.3 Å². The molecule has 1 fully saturated rings. The first-order valence-corrected chi connectivity index (χ1v) is 11.3. The third-order valence-electron chi connectivity index (χ3n) is 6.10. The Bertz CT molecular complexity index is 1090. The summed E-state index contributed by atoms with van der Waals surface area (Å²) in [7, 11) is 0. The predicted octanol–water partition coefficient (Wildman–Crippen LogP) is 6.11. The Hall–Kier alpha value is -2.60. The van der Waals surface area contributed by atoms with Crippen molar-refractivity contribution in [3.63, 3.8) is 0 Å². The van der Waals surface area contributed by atoms with Crippen LogP contribution in [-0.4, -0.2) is 26.5 Å². The molecule has 0 saturated heterocycles. The molecule has 2 aromatic heterocycles. The SMILES string of the molecule is CC(C)n1c(Nc2ccccc2Cl)nc2cc(C(=O)NC3CCC(C)(C)CC3)cnc21. The van der Waals surface area contributed by atoms with Gasteiger partial charge in [-0.25, -0.2) is 9.97 Å². The molecule has 1 aromatic carbocycles. The lowest BCUT2D eigenvalue weighted by Gasteiger charge is -2.34. The van der Waals surface area contributed by atoms with E-state index in [9.17, 15) is 4.79 Å². The molecule has 164 valence electrons. The molecule has 0 atom stereocenters. The van der Waals surface area contributed by atoms with E-state index in [1.165, 1.54) is 0 Å². The maximum absolute atomic E-state index is 12.9. The summed E-state index contributed by atoms with van der Waals surface area (Å²) in [6, 6.07) is 9.72. The second kappa shape index (κ2) is 8.50. The fraction of sp³-hybridized carbons (Fsp3) is 0.458. The second-order valence-corrected chi connectivity index (χ2v) is 9.89. The first-order chi connectivity index (χ1) is 14.7. The second-order valence-electron chi connectivity index (χ2n) is 9.48. The van der Waals surface area contributed by atoms with E-state index < -0.39 is 0 Å². The van der Waals surface area contributed by atoms with Gasteiger partial charge >= 0.3 is 0 Å². The molecule has 3 aromatic rings. The van der Waals surface area contributed by atoms with Crippen LogP contribution in [0.2, 0.25) is 5.02 Å². The zero-order chi connectivity index (χ0) is 22.2. The minimum absolute atomic E-state index is 0.0844. The summed E-state index contributed by atoms with van der Waals surface area (Å²) in [6.45, 7) is 8.74. The van der Waals surface area contributed by atoms with Crippen LogP contribution >= 0.6 is 11.6 Å². The molecule has 6 nitrogen and oxygen atoms in total. The van der Waals surface area contributed by atoms with Gasteiger partial charge in [0.1, 0.15) is 5.52 Å². The number of hydrogen-bond donors (Lipinski definition) is 2. The average molecular weight is 440 g/mol. The molecule has 31 heavy (non-hydrogen) atoms. The smallest absolute Gasteiger partial charge is 0.253 e. The monoisotopic (exact) mass is 439 g/mol. The van der Waals surface area contributed by atoms with E-state index in [1.54, 1.807) is 6.20 Å². The fourth-order valence-corrected chi connectivity index (χ4v) is 4.36. The van der Waals surface area contributed by atoms with Gasteiger partial charge < -0.3 is 10.6 Å². The molecule has 2 N–H and O–H groups in total. The van der Waals surface area contributed by atoms with Crippen molar-refractivity contribution in [3.8, 4) is 0 Å². The lowest BCUT2D eigenvalue weighted by atomic mass is 9.75. The molecule has 0 bridgehead atoms. The van der Waals surface area contributed by atoms with E-state index in [4.69, 9.17) is 16.6 Å². The number of benzene rings is 1. The predicted molar refractivity (Wildman–Crippen MR) is 126 cm³/mol. The highest BCUT2D eigenvalue weighted by atomic mass is 35.5. The summed E-state index contributed by atoms with van der Waals surface area (Å²) < 4.78 is 2.02. The van der Waals surface area contributed by atoms with Gasteiger partial charge in [0.15, 0.2) is 5.65 Å². The van der Waals surface area contributed by atoms with Crippen LogP contribution < -0.4 is 10.6 Å². The lowest BCUT2D eigenvalue weighted by Crippen LogP contribution is -2.39. The summed E-state index contributed by atoms with van der Waals surface area (Å²) in [6.07, 6.45) is 5.94. The number of halogens is 1. The Kier molecular flexibility index (Phi) is 5.93. The number of nitrogens with one attached hydrogen (secondary N) is 2. The van der Waals surface area contributed by atoms with Gasteiger partial charge in [-0.05, 0) is 63.1 Å². The van der Waals surface area contributed by atoms with Crippen molar-refractivity contribution in [2.45, 2.75) is 65.5 Å². The molecule has 1 amide bonds. The molecule has 1 aliphatic rings. The molecule has 1 aliphatic carbocycles. The number of carbonyl (C=O) groups is 1. The number of anilines is 2. The number of rotatable bonds is 5. The minimum atomic E-state index is -0.0844. The Morgan fingerprint density at radius 2 is 1.94 bits per heavy atom. The van der Waals surface area contributed by atoms with Crippen LogP contribution in [-0.2, 0) is 0 Å². The standard InChI is InChI=1S/C24H30ClN5O/c1-15(2)30-21-20(29-23(30)28-19-8-6-5-7-18(19)25)13-16(14-26-21)22(31)27-17-9-11-24(3,4)12-10-17/h5-8,13-15,17H,9-12H2,1-4H3,(H,27,31)(H,28,29). The largest absolute Gasteiger partial charge is 0.349 e. The first kappa shape index (κ1) is 21.6. The van der Waals surface area contributed by atoms with Gasteiger partial charge in [-0.3, -0.25) is 9.36 Å². The highest BCUT2D eigenvalue weighted by Gasteiger charge is 2.28. The van der Waals surface area contributed by atoms with Gasteiger partial charge in [0.25, 0.3) is 5.91 Å². The van der Waals surface area contributed by atoms with E-state index in [2.05, 4.69) is 43.3 Å². The number of pyridine rings is 1. The van der Waals surface area contributed by atoms with E-state index in [0.29, 0.717) is 27.5 Å². The van der Waals surface area contributed by atoms with Crippen molar-refractivity contribution in [1.29, 1.82) is 0 Å². The summed E-state index contributed by atoms with van der Waals surface area (Å²) >= 11 is 6.31. The number of fused-ring (bicyclic) bond motifs is 1. The zero-order valence-electron chi connectivity index (χ0n) is 18.6. The third-order valence-corrected chi connectivity index (χ3v) is 6.43. The zero-order valence-corrected chi connectivity index (χ0v) is 19.3. The molecule has 1 saturated carbocycles. The molecule has 2 heterocycles. The van der Waals surface area contributed by atoms with Crippen molar-refractivity contribution < 1.29 is 4.79 Å². The van der Waals surface area contributed by atoms with Crippen molar-refractivity contribution in [2.24, 2.45) is 5.41 Å². The quantitative estimate of drug-likeness (QED) is 0.503. The van der Waals surface area contributed by atoms with Gasteiger partial charge in [-0.1, -0.05) is 37.6 Å². The minimum Gasteiger partial charge on any atom is -0.349 e. The van der Waals surface area contributed by atoms with Crippen LogP contribution in [0.25, 0.3) is 11.2 Å². The fourth-order valence-electron chi connectivity index (χ4n) is 4.18. The van der Waals surface area contributed by atoms with Crippen LogP contribution in [0.5, 0.6) is 0 Å². The summed E-state index contributed by atoms with van der Waals surface area (Å²) in [4.78, 5) is 22.2. The summed E-state index contributed by atoms with van der Waals surface area (Å²) in [5, 5.41) is 7.11.